The van der Waals surface area contributed by atoms with Crippen LogP contribution in [0.4, 0.5) is 0 Å². The third kappa shape index (κ3) is 6.49. The van der Waals surface area contributed by atoms with Crippen LogP contribution in [-0.2, 0) is 24.8 Å². The number of hydrogen-bond donors (Lipinski definition) is 2. The molecule has 2 aromatic rings. The largest absolute Gasteiger partial charge is 0.480 e. The van der Waals surface area contributed by atoms with Crippen LogP contribution >= 0.6 is 27.7 Å². The van der Waals surface area contributed by atoms with Gasteiger partial charge in [-0.2, -0.15) is 5.10 Å². The van der Waals surface area contributed by atoms with Crippen LogP contribution in [0.15, 0.2) is 40.0 Å². The fourth-order valence-electron chi connectivity index (χ4n) is 2.50. The van der Waals surface area contributed by atoms with Gasteiger partial charge >= 0.3 is 5.97 Å². The van der Waals surface area contributed by atoms with Crippen LogP contribution in [0.2, 0.25) is 0 Å². The first-order valence-electron chi connectivity index (χ1n) is 8.24. The molecule has 7 heteroatoms. The molecule has 2 rings (SSSR count). The van der Waals surface area contributed by atoms with Crippen molar-refractivity contribution in [3.05, 3.63) is 46.2 Å². The molecule has 1 atom stereocenters. The Bertz CT molecular complexity index is 718. The highest BCUT2D eigenvalue weighted by molar-refractivity contribution is 9.10. The summed E-state index contributed by atoms with van der Waals surface area (Å²) in [5.74, 6) is -0.820. The van der Waals surface area contributed by atoms with Gasteiger partial charge in [0, 0.05) is 34.4 Å². The zero-order valence-corrected chi connectivity index (χ0v) is 17.1. The molecule has 0 amide bonds. The van der Waals surface area contributed by atoms with E-state index in [0.29, 0.717) is 24.6 Å². The summed E-state index contributed by atoms with van der Waals surface area (Å²) in [7, 11) is 1.86. The lowest BCUT2D eigenvalue weighted by molar-refractivity contribution is -0.139. The van der Waals surface area contributed by atoms with Gasteiger partial charge in [0.05, 0.1) is 6.20 Å². The fourth-order valence-corrected chi connectivity index (χ4v) is 4.00. The molecule has 0 aliphatic rings. The van der Waals surface area contributed by atoms with Crippen LogP contribution < -0.4 is 5.32 Å². The van der Waals surface area contributed by atoms with Crippen LogP contribution in [-0.4, -0.2) is 32.1 Å². The highest BCUT2D eigenvalue weighted by Crippen LogP contribution is 2.29. The molecule has 0 aliphatic heterocycles. The summed E-state index contributed by atoms with van der Waals surface area (Å²) in [4.78, 5) is 12.7. The SMILES string of the molecule is CC(C)Sc1cc(Br)ccc1CNC(CCc1cnn(C)c1)C(=O)O. The van der Waals surface area contributed by atoms with E-state index in [9.17, 15) is 9.90 Å². The van der Waals surface area contributed by atoms with E-state index in [-0.39, 0.29) is 0 Å². The molecule has 0 saturated heterocycles. The highest BCUT2D eigenvalue weighted by atomic mass is 79.9. The van der Waals surface area contributed by atoms with Gasteiger partial charge in [-0.15, -0.1) is 11.8 Å². The summed E-state index contributed by atoms with van der Waals surface area (Å²) >= 11 is 5.29. The van der Waals surface area contributed by atoms with Crippen LogP contribution in [0.25, 0.3) is 0 Å². The topological polar surface area (TPSA) is 67.2 Å². The van der Waals surface area contributed by atoms with E-state index in [1.54, 1.807) is 22.6 Å². The number of benzene rings is 1. The summed E-state index contributed by atoms with van der Waals surface area (Å²) < 4.78 is 2.77. The molecule has 0 bridgehead atoms. The summed E-state index contributed by atoms with van der Waals surface area (Å²) in [5.41, 5.74) is 2.17. The minimum absolute atomic E-state index is 0.467. The van der Waals surface area contributed by atoms with Gasteiger partial charge in [-0.1, -0.05) is 35.8 Å². The molecule has 1 heterocycles. The molecule has 0 fully saturated rings. The van der Waals surface area contributed by atoms with Crippen molar-refractivity contribution in [1.29, 1.82) is 0 Å². The first-order chi connectivity index (χ1) is 11.8. The number of hydrogen-bond acceptors (Lipinski definition) is 4. The quantitative estimate of drug-likeness (QED) is 0.596. The lowest BCUT2D eigenvalue weighted by Crippen LogP contribution is -2.36. The van der Waals surface area contributed by atoms with E-state index in [0.717, 1.165) is 15.6 Å². The zero-order valence-electron chi connectivity index (χ0n) is 14.7. The summed E-state index contributed by atoms with van der Waals surface area (Å²) in [6.07, 6.45) is 4.92. The fraction of sp³-hybridized carbons (Fsp3) is 0.444. The number of carbonyl (C=O) groups is 1. The number of rotatable bonds is 9. The maximum atomic E-state index is 11.6. The normalized spacial score (nSPS) is 12.5. The van der Waals surface area contributed by atoms with Crippen LogP contribution in [0.3, 0.4) is 0 Å². The van der Waals surface area contributed by atoms with Gasteiger partial charge in [0.1, 0.15) is 6.04 Å². The first-order valence-corrected chi connectivity index (χ1v) is 9.91. The van der Waals surface area contributed by atoms with Crippen LogP contribution in [0, 0.1) is 0 Å². The predicted octanol–water partition coefficient (Wildman–Crippen LogP) is 3.86. The maximum Gasteiger partial charge on any atom is 0.320 e. The summed E-state index contributed by atoms with van der Waals surface area (Å²) in [5, 5.41) is 17.3. The van der Waals surface area contributed by atoms with Gasteiger partial charge in [0.2, 0.25) is 0 Å². The second kappa shape index (κ2) is 9.40. The van der Waals surface area contributed by atoms with Crippen molar-refractivity contribution < 1.29 is 9.90 Å². The van der Waals surface area contributed by atoms with Crippen LogP contribution in [0.1, 0.15) is 31.4 Å². The molecule has 2 N–H and O–H groups in total. The van der Waals surface area contributed by atoms with Gasteiger partial charge in [-0.25, -0.2) is 0 Å². The van der Waals surface area contributed by atoms with Crippen molar-refractivity contribution in [3.63, 3.8) is 0 Å². The standard InChI is InChI=1S/C18H24BrN3O2S/c1-12(2)25-17-8-15(19)6-5-14(17)10-20-16(18(23)24)7-4-13-9-21-22(3)11-13/h5-6,8-9,11-12,16,20H,4,7,10H2,1-3H3,(H,23,24). The number of aliphatic carboxylic acids is 1. The maximum absolute atomic E-state index is 11.6. The molecule has 0 radical (unpaired) electrons. The Hall–Kier alpha value is -1.31. The van der Waals surface area contributed by atoms with Gasteiger partial charge in [0.15, 0.2) is 0 Å². The van der Waals surface area contributed by atoms with Gasteiger partial charge < -0.3 is 10.4 Å². The number of aromatic nitrogens is 2. The average Bonchev–Trinajstić information content (AvgIpc) is 2.93. The molecule has 1 aromatic heterocycles. The molecule has 136 valence electrons. The molecule has 0 spiro atoms. The smallest absolute Gasteiger partial charge is 0.320 e. The monoisotopic (exact) mass is 425 g/mol. The lowest BCUT2D eigenvalue weighted by Gasteiger charge is -2.17. The van der Waals surface area contributed by atoms with Crippen LogP contribution in [0.5, 0.6) is 0 Å². The number of carboxylic acid groups (broad SMARTS) is 1. The van der Waals surface area contributed by atoms with Crippen molar-refractivity contribution in [2.45, 2.75) is 49.4 Å². The van der Waals surface area contributed by atoms with Crippen molar-refractivity contribution in [2.24, 2.45) is 7.05 Å². The minimum atomic E-state index is -0.820. The molecule has 5 nitrogen and oxygen atoms in total. The van der Waals surface area contributed by atoms with Crippen molar-refractivity contribution in [1.82, 2.24) is 15.1 Å². The lowest BCUT2D eigenvalue weighted by atomic mass is 10.1. The Morgan fingerprint density at radius 1 is 1.44 bits per heavy atom. The Labute approximate surface area is 161 Å². The second-order valence-corrected chi connectivity index (χ2v) is 8.79. The molecule has 1 unspecified atom stereocenters. The van der Waals surface area contributed by atoms with E-state index < -0.39 is 12.0 Å². The molecule has 0 saturated carbocycles. The number of halogens is 1. The average molecular weight is 426 g/mol. The van der Waals surface area contributed by atoms with E-state index in [1.807, 2.05) is 25.4 Å². The third-order valence-electron chi connectivity index (χ3n) is 3.71. The van der Waals surface area contributed by atoms with E-state index in [1.165, 1.54) is 4.90 Å². The van der Waals surface area contributed by atoms with Crippen molar-refractivity contribution in [2.75, 3.05) is 0 Å². The molecular formula is C18H24BrN3O2S. The van der Waals surface area contributed by atoms with Crippen molar-refractivity contribution in [3.8, 4) is 0 Å². The first kappa shape index (κ1) is 20.0. The van der Waals surface area contributed by atoms with E-state index in [4.69, 9.17) is 0 Å². The van der Waals surface area contributed by atoms with E-state index in [2.05, 4.69) is 46.3 Å². The summed E-state index contributed by atoms with van der Waals surface area (Å²) in [6, 6.07) is 5.54. The Balaban J connectivity index is 1.99. The van der Waals surface area contributed by atoms with Gasteiger partial charge in [-0.05, 0) is 36.1 Å². The second-order valence-electron chi connectivity index (χ2n) is 6.25. The van der Waals surface area contributed by atoms with E-state index >= 15 is 0 Å². The summed E-state index contributed by atoms with van der Waals surface area (Å²) in [6.45, 7) is 4.83. The molecule has 25 heavy (non-hydrogen) atoms. The number of aryl methyl sites for hydroxylation is 2. The number of thioether (sulfide) groups is 1. The Morgan fingerprint density at radius 3 is 2.80 bits per heavy atom. The third-order valence-corrected chi connectivity index (χ3v) is 5.31. The molecular weight excluding hydrogens is 402 g/mol. The Kier molecular flexibility index (Phi) is 7.53. The molecule has 1 aromatic carbocycles. The minimum Gasteiger partial charge on any atom is -0.480 e. The number of nitrogens with zero attached hydrogens (tertiary/aromatic N) is 2. The van der Waals surface area contributed by atoms with Gasteiger partial charge in [-0.3, -0.25) is 9.48 Å². The predicted molar refractivity (Wildman–Crippen MR) is 105 cm³/mol. The number of carboxylic acids is 1. The number of nitrogens with one attached hydrogen (secondary N) is 1. The zero-order chi connectivity index (χ0) is 18.4. The van der Waals surface area contributed by atoms with Gasteiger partial charge in [0.25, 0.3) is 0 Å². The molecule has 0 aliphatic carbocycles. The van der Waals surface area contributed by atoms with Crippen molar-refractivity contribution >= 4 is 33.7 Å². The Morgan fingerprint density at radius 2 is 2.20 bits per heavy atom. The highest BCUT2D eigenvalue weighted by Gasteiger charge is 2.18.